The second-order valence-corrected chi connectivity index (χ2v) is 5.40. The molecule has 0 aliphatic carbocycles. The van der Waals surface area contributed by atoms with E-state index in [4.69, 9.17) is 5.73 Å². The molecule has 15 heavy (non-hydrogen) atoms. The lowest BCUT2D eigenvalue weighted by molar-refractivity contribution is -0.0610. The lowest BCUT2D eigenvalue weighted by Gasteiger charge is -2.32. The number of nitrogens with two attached hydrogens (primary N) is 1. The molecule has 0 bridgehead atoms. The van der Waals surface area contributed by atoms with Gasteiger partial charge in [0.1, 0.15) is 0 Å². The molecule has 0 amide bonds. The van der Waals surface area contributed by atoms with Crippen LogP contribution in [0.4, 0.5) is 8.78 Å². The van der Waals surface area contributed by atoms with Gasteiger partial charge in [0.25, 0.3) is 5.92 Å². The Morgan fingerprint density at radius 3 is 2.33 bits per heavy atom. The predicted molar refractivity (Wildman–Crippen MR) is 58.1 cm³/mol. The highest BCUT2D eigenvalue weighted by Crippen LogP contribution is 2.36. The number of nitrogens with zero attached hydrogens (tertiary/aromatic N) is 1. The monoisotopic (exact) mass is 220 g/mol. The Bertz CT molecular complexity index is 211. The van der Waals surface area contributed by atoms with E-state index in [1.54, 1.807) is 0 Å². The Kier molecular flexibility index (Phi) is 3.71. The maximum Gasteiger partial charge on any atom is 0.253 e. The average molecular weight is 220 g/mol. The lowest BCUT2D eigenvalue weighted by atomic mass is 9.97. The Morgan fingerprint density at radius 2 is 1.93 bits per heavy atom. The summed E-state index contributed by atoms with van der Waals surface area (Å²) in [5.41, 5.74) is 5.20. The van der Waals surface area contributed by atoms with E-state index in [1.165, 1.54) is 0 Å². The van der Waals surface area contributed by atoms with Gasteiger partial charge in [-0.1, -0.05) is 0 Å². The minimum absolute atomic E-state index is 0.00640. The second kappa shape index (κ2) is 4.34. The van der Waals surface area contributed by atoms with Crippen LogP contribution in [-0.2, 0) is 0 Å². The van der Waals surface area contributed by atoms with Gasteiger partial charge < -0.3 is 5.73 Å². The van der Waals surface area contributed by atoms with Gasteiger partial charge in [-0.2, -0.15) is 0 Å². The second-order valence-electron chi connectivity index (χ2n) is 5.40. The lowest BCUT2D eigenvalue weighted by Crippen LogP contribution is -2.41. The van der Waals surface area contributed by atoms with E-state index in [1.807, 2.05) is 0 Å². The van der Waals surface area contributed by atoms with Crippen molar-refractivity contribution in [1.82, 2.24) is 4.90 Å². The Hall–Kier alpha value is -0.220. The molecular formula is C11H22F2N2. The number of hydrogen-bond donors (Lipinski definition) is 1. The molecule has 1 rings (SSSR count). The standard InChI is InChI=1S/C11H22F2N2/c1-10(2,3)15-7-4-9(8-15)11(12,13)5-6-14/h9H,4-8,14H2,1-3H3. The zero-order chi connectivity index (χ0) is 11.7. The van der Waals surface area contributed by atoms with Gasteiger partial charge in [-0.15, -0.1) is 0 Å². The molecule has 1 atom stereocenters. The maximum atomic E-state index is 13.6. The van der Waals surface area contributed by atoms with Crippen LogP contribution in [0.15, 0.2) is 0 Å². The zero-order valence-electron chi connectivity index (χ0n) is 9.89. The van der Waals surface area contributed by atoms with Gasteiger partial charge in [-0.3, -0.25) is 4.90 Å². The third-order valence-electron chi connectivity index (χ3n) is 3.21. The van der Waals surface area contributed by atoms with Gasteiger partial charge in [0.2, 0.25) is 0 Å². The first-order chi connectivity index (χ1) is 6.77. The number of rotatable bonds is 3. The highest BCUT2D eigenvalue weighted by atomic mass is 19.3. The van der Waals surface area contributed by atoms with Gasteiger partial charge >= 0.3 is 0 Å². The summed E-state index contributed by atoms with van der Waals surface area (Å²) in [6.45, 7) is 7.53. The summed E-state index contributed by atoms with van der Waals surface area (Å²) >= 11 is 0. The first-order valence-electron chi connectivity index (χ1n) is 5.60. The predicted octanol–water partition coefficient (Wildman–Crippen LogP) is 2.09. The largest absolute Gasteiger partial charge is 0.330 e. The Labute approximate surface area is 90.8 Å². The highest BCUT2D eigenvalue weighted by Gasteiger charge is 2.44. The molecule has 0 spiro atoms. The fraction of sp³-hybridized carbons (Fsp3) is 1.00. The minimum Gasteiger partial charge on any atom is -0.330 e. The van der Waals surface area contributed by atoms with Crippen LogP contribution in [0.2, 0.25) is 0 Å². The van der Waals surface area contributed by atoms with Crippen LogP contribution in [-0.4, -0.2) is 36.0 Å². The summed E-state index contributed by atoms with van der Waals surface area (Å²) in [5, 5.41) is 0. The van der Waals surface area contributed by atoms with Crippen LogP contribution in [0.5, 0.6) is 0 Å². The highest BCUT2D eigenvalue weighted by molar-refractivity contribution is 4.90. The molecule has 1 aliphatic rings. The summed E-state index contributed by atoms with van der Waals surface area (Å²) in [7, 11) is 0. The van der Waals surface area contributed by atoms with E-state index in [2.05, 4.69) is 25.7 Å². The first kappa shape index (κ1) is 12.8. The molecule has 1 unspecified atom stereocenters. The summed E-state index contributed by atoms with van der Waals surface area (Å²) < 4.78 is 27.2. The van der Waals surface area contributed by atoms with Crippen molar-refractivity contribution in [2.45, 2.75) is 45.1 Å². The van der Waals surface area contributed by atoms with Crippen LogP contribution >= 0.6 is 0 Å². The number of halogens is 2. The fourth-order valence-corrected chi connectivity index (χ4v) is 2.11. The molecule has 0 aromatic heterocycles. The van der Waals surface area contributed by atoms with Crippen molar-refractivity contribution < 1.29 is 8.78 Å². The molecule has 1 saturated heterocycles. The van der Waals surface area contributed by atoms with Gasteiger partial charge in [-0.05, 0) is 40.3 Å². The van der Waals surface area contributed by atoms with Gasteiger partial charge in [0.05, 0.1) is 0 Å². The molecule has 90 valence electrons. The van der Waals surface area contributed by atoms with Gasteiger partial charge in [0.15, 0.2) is 0 Å². The molecule has 4 heteroatoms. The number of hydrogen-bond acceptors (Lipinski definition) is 2. The summed E-state index contributed by atoms with van der Waals surface area (Å²) in [6.07, 6.45) is 0.403. The van der Waals surface area contributed by atoms with Crippen LogP contribution in [0.1, 0.15) is 33.6 Å². The van der Waals surface area contributed by atoms with E-state index in [-0.39, 0.29) is 18.5 Å². The fourth-order valence-electron chi connectivity index (χ4n) is 2.11. The molecule has 2 nitrogen and oxygen atoms in total. The van der Waals surface area contributed by atoms with Gasteiger partial charge in [0, 0.05) is 24.4 Å². The Balaban J connectivity index is 2.56. The van der Waals surface area contributed by atoms with E-state index in [9.17, 15) is 8.78 Å². The molecule has 1 heterocycles. The van der Waals surface area contributed by atoms with Crippen molar-refractivity contribution in [3.8, 4) is 0 Å². The average Bonchev–Trinajstić information content (AvgIpc) is 2.50. The van der Waals surface area contributed by atoms with Crippen molar-refractivity contribution in [2.75, 3.05) is 19.6 Å². The number of likely N-dealkylation sites (tertiary alicyclic amines) is 1. The number of alkyl halides is 2. The van der Waals surface area contributed by atoms with Crippen molar-refractivity contribution in [1.29, 1.82) is 0 Å². The van der Waals surface area contributed by atoms with E-state index >= 15 is 0 Å². The first-order valence-corrected chi connectivity index (χ1v) is 5.60. The SMILES string of the molecule is CC(C)(C)N1CCC(C(F)(F)CCN)C1. The van der Waals surface area contributed by atoms with E-state index in [0.717, 1.165) is 6.54 Å². The molecule has 0 aromatic rings. The quantitative estimate of drug-likeness (QED) is 0.789. The molecule has 2 N–H and O–H groups in total. The summed E-state index contributed by atoms with van der Waals surface area (Å²) in [6, 6.07) is 0. The van der Waals surface area contributed by atoms with E-state index in [0.29, 0.717) is 13.0 Å². The van der Waals surface area contributed by atoms with Crippen molar-refractivity contribution in [2.24, 2.45) is 11.7 Å². The molecule has 0 saturated carbocycles. The van der Waals surface area contributed by atoms with E-state index < -0.39 is 11.8 Å². The Morgan fingerprint density at radius 1 is 1.33 bits per heavy atom. The molecule has 0 radical (unpaired) electrons. The molecule has 0 aromatic carbocycles. The third kappa shape index (κ3) is 3.11. The topological polar surface area (TPSA) is 29.3 Å². The van der Waals surface area contributed by atoms with Crippen LogP contribution < -0.4 is 5.73 Å². The normalized spacial score (nSPS) is 24.8. The van der Waals surface area contributed by atoms with Crippen LogP contribution in [0.25, 0.3) is 0 Å². The molecular weight excluding hydrogens is 198 g/mol. The molecule has 1 aliphatic heterocycles. The smallest absolute Gasteiger partial charge is 0.253 e. The molecule has 1 fully saturated rings. The van der Waals surface area contributed by atoms with Crippen molar-refractivity contribution in [3.63, 3.8) is 0 Å². The summed E-state index contributed by atoms with van der Waals surface area (Å²) in [4.78, 5) is 2.13. The van der Waals surface area contributed by atoms with Gasteiger partial charge in [-0.25, -0.2) is 8.78 Å². The zero-order valence-corrected chi connectivity index (χ0v) is 9.89. The summed E-state index contributed by atoms with van der Waals surface area (Å²) in [5.74, 6) is -3.10. The minimum atomic E-state index is -2.59. The third-order valence-corrected chi connectivity index (χ3v) is 3.21. The van der Waals surface area contributed by atoms with Crippen LogP contribution in [0.3, 0.4) is 0 Å². The van der Waals surface area contributed by atoms with Crippen molar-refractivity contribution >= 4 is 0 Å². The maximum absolute atomic E-state index is 13.6. The van der Waals surface area contributed by atoms with Crippen LogP contribution in [0, 0.1) is 5.92 Å². The van der Waals surface area contributed by atoms with Crippen molar-refractivity contribution in [3.05, 3.63) is 0 Å².